The predicted octanol–water partition coefficient (Wildman–Crippen LogP) is 2.06. The summed E-state index contributed by atoms with van der Waals surface area (Å²) in [5, 5.41) is 3.17. The lowest BCUT2D eigenvalue weighted by Gasteiger charge is -2.28. The molecule has 1 aliphatic heterocycles. The van der Waals surface area contributed by atoms with Gasteiger partial charge in [0.1, 0.15) is 6.04 Å². The van der Waals surface area contributed by atoms with E-state index in [1.54, 1.807) is 6.92 Å². The minimum atomic E-state index is -0.943. The van der Waals surface area contributed by atoms with Gasteiger partial charge in [0.25, 0.3) is 0 Å². The van der Waals surface area contributed by atoms with Gasteiger partial charge in [-0.3, -0.25) is 14.6 Å². The van der Waals surface area contributed by atoms with E-state index in [-0.39, 0.29) is 12.5 Å². The average Bonchev–Trinajstić information content (AvgIpc) is 2.47. The molecule has 1 aromatic rings. The molecule has 0 fully saturated rings. The number of benzene rings is 1. The molecule has 0 spiro atoms. The number of carbonyl (C=O) groups excluding carboxylic acids is 2. The Labute approximate surface area is 128 Å². The third kappa shape index (κ3) is 3.26. The zero-order valence-corrected chi connectivity index (χ0v) is 13.1. The highest BCUT2D eigenvalue weighted by Gasteiger charge is 2.41. The second kappa shape index (κ2) is 6.76. The van der Waals surface area contributed by atoms with Crippen LogP contribution in [0.2, 0.25) is 0 Å². The highest BCUT2D eigenvalue weighted by molar-refractivity contribution is 8.13. The fourth-order valence-corrected chi connectivity index (χ4v) is 2.72. The molecule has 0 aromatic heterocycles. The van der Waals surface area contributed by atoms with Gasteiger partial charge in [-0.1, -0.05) is 36.0 Å². The summed E-state index contributed by atoms with van der Waals surface area (Å²) in [6.07, 6.45) is 1.83. The van der Waals surface area contributed by atoms with Crippen molar-refractivity contribution in [3.63, 3.8) is 0 Å². The topological polar surface area (TPSA) is 67.8 Å². The molecular formula is C15H18N2O3S. The monoisotopic (exact) mass is 306 g/mol. The number of thioether (sulfide) groups is 1. The minimum absolute atomic E-state index is 0.238. The normalized spacial score (nSPS) is 21.5. The van der Waals surface area contributed by atoms with Crippen molar-refractivity contribution in [2.24, 2.45) is 10.9 Å². The van der Waals surface area contributed by atoms with Crippen molar-refractivity contribution in [3.8, 4) is 0 Å². The number of carbonyl (C=O) groups is 2. The molecule has 5 nitrogen and oxygen atoms in total. The van der Waals surface area contributed by atoms with Gasteiger partial charge in [-0.15, -0.1) is 0 Å². The molecule has 112 valence electrons. The van der Waals surface area contributed by atoms with Crippen LogP contribution in [0.15, 0.2) is 29.3 Å². The van der Waals surface area contributed by atoms with Gasteiger partial charge < -0.3 is 10.1 Å². The van der Waals surface area contributed by atoms with Crippen LogP contribution in [0.1, 0.15) is 24.1 Å². The van der Waals surface area contributed by atoms with E-state index in [4.69, 9.17) is 4.74 Å². The van der Waals surface area contributed by atoms with E-state index < -0.39 is 17.9 Å². The number of amides is 1. The number of aliphatic imine (C=N–C) groups is 1. The van der Waals surface area contributed by atoms with Crippen LogP contribution in [-0.4, -0.2) is 29.9 Å². The molecule has 1 aromatic carbocycles. The lowest BCUT2D eigenvalue weighted by atomic mass is 9.89. The quantitative estimate of drug-likeness (QED) is 0.685. The van der Waals surface area contributed by atoms with E-state index in [9.17, 15) is 9.59 Å². The molecule has 6 heteroatoms. The molecule has 1 aliphatic rings. The van der Waals surface area contributed by atoms with Crippen molar-refractivity contribution in [3.05, 3.63) is 35.4 Å². The molecule has 0 aliphatic carbocycles. The Kier molecular flexibility index (Phi) is 5.01. The maximum absolute atomic E-state index is 12.3. The Balaban J connectivity index is 2.46. The number of amidine groups is 1. The molecule has 1 amide bonds. The Hall–Kier alpha value is -1.82. The van der Waals surface area contributed by atoms with E-state index in [2.05, 4.69) is 10.3 Å². The van der Waals surface area contributed by atoms with Gasteiger partial charge >= 0.3 is 5.97 Å². The summed E-state index contributed by atoms with van der Waals surface area (Å²) in [6.45, 7) is 3.90. The second-order valence-corrected chi connectivity index (χ2v) is 5.45. The summed E-state index contributed by atoms with van der Waals surface area (Å²) < 4.78 is 5.04. The first-order valence-corrected chi connectivity index (χ1v) is 7.95. The number of aryl methyl sites for hydroxylation is 1. The van der Waals surface area contributed by atoms with E-state index in [1.165, 1.54) is 11.8 Å². The van der Waals surface area contributed by atoms with Crippen LogP contribution in [0, 0.1) is 12.8 Å². The molecule has 2 atom stereocenters. The lowest BCUT2D eigenvalue weighted by Crippen LogP contribution is -2.45. The first-order valence-electron chi connectivity index (χ1n) is 6.73. The highest BCUT2D eigenvalue weighted by atomic mass is 32.2. The van der Waals surface area contributed by atoms with Gasteiger partial charge in [0.05, 0.1) is 6.61 Å². The Bertz CT molecular complexity index is 586. The van der Waals surface area contributed by atoms with Crippen LogP contribution in [0.4, 0.5) is 0 Å². The number of hydrogen-bond acceptors (Lipinski definition) is 5. The Morgan fingerprint density at radius 3 is 2.76 bits per heavy atom. The Morgan fingerprint density at radius 1 is 1.43 bits per heavy atom. The smallest absolute Gasteiger partial charge is 0.321 e. The van der Waals surface area contributed by atoms with E-state index in [0.29, 0.717) is 5.17 Å². The van der Waals surface area contributed by atoms with Crippen molar-refractivity contribution in [1.82, 2.24) is 5.32 Å². The summed E-state index contributed by atoms with van der Waals surface area (Å²) in [6, 6.07) is 7.09. The van der Waals surface area contributed by atoms with Crippen LogP contribution in [0.25, 0.3) is 0 Å². The van der Waals surface area contributed by atoms with E-state index in [0.717, 1.165) is 11.1 Å². The van der Waals surface area contributed by atoms with Crippen LogP contribution >= 0.6 is 11.8 Å². The van der Waals surface area contributed by atoms with Gasteiger partial charge in [-0.2, -0.15) is 0 Å². The summed E-state index contributed by atoms with van der Waals surface area (Å²) in [4.78, 5) is 28.9. The largest absolute Gasteiger partial charge is 0.465 e. The summed E-state index contributed by atoms with van der Waals surface area (Å²) in [5.74, 6) is -1.84. The first-order chi connectivity index (χ1) is 10.1. The summed E-state index contributed by atoms with van der Waals surface area (Å²) in [7, 11) is 0. The molecule has 2 rings (SSSR count). The third-order valence-corrected chi connectivity index (χ3v) is 3.92. The van der Waals surface area contributed by atoms with Crippen molar-refractivity contribution >= 4 is 28.8 Å². The fraction of sp³-hybridized carbons (Fsp3) is 0.400. The van der Waals surface area contributed by atoms with Crippen molar-refractivity contribution in [2.75, 3.05) is 12.9 Å². The fourth-order valence-electron chi connectivity index (χ4n) is 2.30. The maximum Gasteiger partial charge on any atom is 0.321 e. The standard InChI is InChI=1S/C15H18N2O3S/c1-4-20-14(19)11-12(10-8-6-5-7-9(10)2)16-15(21-3)17-13(11)18/h5-8,11-12H,4H2,1-3H3,(H,16,17,18). The summed E-state index contributed by atoms with van der Waals surface area (Å²) >= 11 is 1.35. The maximum atomic E-state index is 12.3. The number of rotatable bonds is 3. The zero-order valence-electron chi connectivity index (χ0n) is 12.3. The predicted molar refractivity (Wildman–Crippen MR) is 83.1 cm³/mol. The molecule has 0 saturated carbocycles. The molecule has 2 unspecified atom stereocenters. The van der Waals surface area contributed by atoms with Crippen LogP contribution in [-0.2, 0) is 14.3 Å². The average molecular weight is 306 g/mol. The number of nitrogens with zero attached hydrogens (tertiary/aromatic N) is 1. The van der Waals surface area contributed by atoms with Gasteiger partial charge in [0.2, 0.25) is 5.91 Å². The van der Waals surface area contributed by atoms with Crippen LogP contribution in [0.5, 0.6) is 0 Å². The molecule has 0 radical (unpaired) electrons. The molecular weight excluding hydrogens is 288 g/mol. The second-order valence-electron chi connectivity index (χ2n) is 4.66. The number of hydrogen-bond donors (Lipinski definition) is 1. The van der Waals surface area contributed by atoms with E-state index >= 15 is 0 Å². The zero-order chi connectivity index (χ0) is 15.4. The van der Waals surface area contributed by atoms with Crippen molar-refractivity contribution in [1.29, 1.82) is 0 Å². The SMILES string of the molecule is CCOC(=O)C1C(=O)NC(SC)=NC1c1ccccc1C. The molecule has 0 saturated heterocycles. The Morgan fingerprint density at radius 2 is 2.14 bits per heavy atom. The third-order valence-electron chi connectivity index (χ3n) is 3.33. The number of nitrogens with one attached hydrogen (secondary N) is 1. The first kappa shape index (κ1) is 15.6. The van der Waals surface area contributed by atoms with E-state index in [1.807, 2.05) is 37.4 Å². The number of ether oxygens (including phenoxy) is 1. The van der Waals surface area contributed by atoms with Gasteiger partial charge in [-0.25, -0.2) is 0 Å². The lowest BCUT2D eigenvalue weighted by molar-refractivity contribution is -0.153. The van der Waals surface area contributed by atoms with Crippen molar-refractivity contribution in [2.45, 2.75) is 19.9 Å². The van der Waals surface area contributed by atoms with Crippen LogP contribution < -0.4 is 5.32 Å². The molecule has 21 heavy (non-hydrogen) atoms. The van der Waals surface area contributed by atoms with Crippen molar-refractivity contribution < 1.29 is 14.3 Å². The summed E-state index contributed by atoms with van der Waals surface area (Å²) in [5.41, 5.74) is 1.87. The molecule has 0 bridgehead atoms. The van der Waals surface area contributed by atoms with Gasteiger partial charge in [-0.05, 0) is 31.2 Å². The molecule has 1 N–H and O–H groups in total. The van der Waals surface area contributed by atoms with Gasteiger partial charge in [0.15, 0.2) is 11.1 Å². The van der Waals surface area contributed by atoms with Crippen LogP contribution in [0.3, 0.4) is 0 Å². The number of esters is 1. The highest BCUT2D eigenvalue weighted by Crippen LogP contribution is 2.33. The minimum Gasteiger partial charge on any atom is -0.465 e. The molecule has 1 heterocycles. The van der Waals surface area contributed by atoms with Gasteiger partial charge in [0, 0.05) is 0 Å².